The van der Waals surface area contributed by atoms with E-state index in [1.54, 1.807) is 12.1 Å². The maximum Gasteiger partial charge on any atom is 0.216 e. The van der Waals surface area contributed by atoms with Gasteiger partial charge in [0.2, 0.25) is 5.71 Å². The molecule has 6 nitrogen and oxygen atoms in total. The fraction of sp³-hybridized carbons (Fsp3) is 0.190. The van der Waals surface area contributed by atoms with Crippen molar-refractivity contribution in [2.45, 2.75) is 72.6 Å². The topological polar surface area (TPSA) is 69.9 Å². The third-order valence-electron chi connectivity index (χ3n) is 12.0. The molecule has 11 rings (SSSR count). The molecule has 6 aromatic carbocycles. The van der Waals surface area contributed by atoms with Gasteiger partial charge in [0.05, 0.1) is 22.4 Å². The van der Waals surface area contributed by atoms with Crippen molar-refractivity contribution in [1.82, 2.24) is 19.5 Å². The van der Waals surface area contributed by atoms with E-state index in [-0.39, 0.29) is 42.9 Å². The number of rotatable bonds is 6. The Morgan fingerprint density at radius 1 is 0.662 bits per heavy atom. The van der Waals surface area contributed by atoms with E-state index in [9.17, 15) is 0 Å². The van der Waals surface area contributed by atoms with Crippen LogP contribution in [0.25, 0.3) is 94.6 Å². The van der Waals surface area contributed by atoms with Crippen molar-refractivity contribution in [2.75, 3.05) is 0 Å². The molecule has 0 fully saturated rings. The number of nitrogens with zero attached hydrogens (tertiary/aromatic N) is 4. The van der Waals surface area contributed by atoms with Crippen molar-refractivity contribution in [3.8, 4) is 39.5 Å². The van der Waals surface area contributed by atoms with Crippen LogP contribution in [0.1, 0.15) is 86.7 Å². The van der Waals surface area contributed by atoms with Crippen molar-refractivity contribution in [3.05, 3.63) is 180 Å². The molecule has 325 valence electrons. The van der Waals surface area contributed by atoms with E-state index in [2.05, 4.69) is 119 Å². The summed E-state index contributed by atoms with van der Waals surface area (Å²) in [6.07, 6.45) is 1.87. The van der Waals surface area contributed by atoms with Gasteiger partial charge in [0, 0.05) is 46.9 Å². The van der Waals surface area contributed by atoms with Gasteiger partial charge in [-0.15, -0.1) is 54.1 Å². The monoisotopic (exact) mass is 1030 g/mol. The second-order valence-electron chi connectivity index (χ2n) is 18.1. The van der Waals surface area contributed by atoms with Crippen molar-refractivity contribution in [1.29, 1.82) is 0 Å². The van der Waals surface area contributed by atoms with E-state index in [0.29, 0.717) is 39.3 Å². The Kier molecular flexibility index (Phi) is 10.7. The maximum atomic E-state index is 8.62. The van der Waals surface area contributed by atoms with Crippen LogP contribution in [0.2, 0.25) is 0 Å². The Labute approximate surface area is 398 Å². The molecule has 0 unspecified atom stereocenters. The van der Waals surface area contributed by atoms with Gasteiger partial charge >= 0.3 is 0 Å². The molecule has 11 aromatic rings. The maximum absolute atomic E-state index is 8.62. The van der Waals surface area contributed by atoms with Crippen LogP contribution in [0.3, 0.4) is 0 Å². The average molecular weight is 1030 g/mol. The quantitative estimate of drug-likeness (QED) is 0.155. The van der Waals surface area contributed by atoms with E-state index in [1.807, 2.05) is 85.1 Å². The number of aromatic nitrogens is 4. The Balaban J connectivity index is 0.000000289. The predicted molar refractivity (Wildman–Crippen MR) is 263 cm³/mol. The number of hydrogen-bond donors (Lipinski definition) is 0. The number of hydrogen-bond acceptors (Lipinski definition) is 5. The van der Waals surface area contributed by atoms with Crippen LogP contribution in [-0.2, 0) is 25.5 Å². The zero-order chi connectivity index (χ0) is 46.8. The number of para-hydroxylation sites is 2. The van der Waals surface area contributed by atoms with Crippen LogP contribution in [0.4, 0.5) is 0 Å². The molecule has 5 heterocycles. The number of aryl methyl sites for hydroxylation is 1. The van der Waals surface area contributed by atoms with Gasteiger partial charge in [-0.2, -0.15) is 0 Å². The fourth-order valence-electron chi connectivity index (χ4n) is 8.68. The van der Waals surface area contributed by atoms with Gasteiger partial charge in [0.1, 0.15) is 11.1 Å². The summed E-state index contributed by atoms with van der Waals surface area (Å²) in [4.78, 5) is 14.5. The Hall–Kier alpha value is -6.66. The molecule has 0 saturated heterocycles. The average Bonchev–Trinajstić information content (AvgIpc) is 4.01. The summed E-state index contributed by atoms with van der Waals surface area (Å²) >= 11 is 0. The molecular formula is C58H50IrN4O2-2. The summed E-state index contributed by atoms with van der Waals surface area (Å²) in [6.45, 7) is 13.0. The van der Waals surface area contributed by atoms with Gasteiger partial charge in [0.25, 0.3) is 0 Å². The summed E-state index contributed by atoms with van der Waals surface area (Å²) in [7, 11) is 0. The third-order valence-corrected chi connectivity index (χ3v) is 12.0. The molecule has 0 aliphatic rings. The zero-order valence-electron chi connectivity index (χ0n) is 40.4. The number of benzene rings is 6. The molecule has 0 aliphatic heterocycles. The van der Waals surface area contributed by atoms with E-state index >= 15 is 0 Å². The van der Waals surface area contributed by atoms with Gasteiger partial charge in [-0.25, -0.2) is 4.98 Å². The number of pyridine rings is 2. The SMILES string of the molecule is CC(C)(C)c1ccnc(-c2[c-]cccc2)c1.[2H]C([2H])([2H])c1cccc2nc(-c3[c-]ccc4c3oc3nc5c(cc34)oc3ccccc35)n(-c3c(C(C)C)cc(-c4ccccc4)cc3C(C)C)c12.[Ir]. The summed E-state index contributed by atoms with van der Waals surface area (Å²) in [5.74, 6) is 0.760. The Morgan fingerprint density at radius 2 is 1.42 bits per heavy atom. The molecule has 5 aromatic heterocycles. The molecule has 0 atom stereocenters. The smallest absolute Gasteiger partial charge is 0.216 e. The van der Waals surface area contributed by atoms with Crippen LogP contribution >= 0.6 is 0 Å². The molecule has 0 spiro atoms. The molecule has 0 N–H and O–H groups in total. The Bertz CT molecular complexity index is 3590. The van der Waals surface area contributed by atoms with E-state index < -0.39 is 6.85 Å². The standard InChI is InChI=1S/C43H34N3O2.C15H16N.Ir/c1-24(2)32-21-28(27-14-7-6-8-15-27)22-33(25(3)4)40(32)46-39-26(5)13-11-19-35(39)44-42(46)31-18-12-17-29-34-23-37-38(45-43(34)48-41(29)31)30-16-9-10-20-36(30)47-37;1-15(2,3)13-9-10-16-14(11-13)12-7-5-4-6-8-12;/h6-17,19-25H,1-5H3;4-7,9-11H,1-3H3;/q2*-1;/i5D3;;. The summed E-state index contributed by atoms with van der Waals surface area (Å²) < 4.78 is 40.7. The van der Waals surface area contributed by atoms with Crippen LogP contribution < -0.4 is 0 Å². The minimum Gasteiger partial charge on any atom is -0.486 e. The van der Waals surface area contributed by atoms with Crippen LogP contribution in [0.5, 0.6) is 0 Å². The molecule has 7 heteroatoms. The van der Waals surface area contributed by atoms with Gasteiger partial charge in [0.15, 0.2) is 5.58 Å². The van der Waals surface area contributed by atoms with Crippen LogP contribution in [0, 0.1) is 19.0 Å². The molecule has 0 aliphatic carbocycles. The molecule has 0 amide bonds. The first-order chi connectivity index (χ1) is 32.2. The van der Waals surface area contributed by atoms with E-state index in [0.717, 1.165) is 66.5 Å². The van der Waals surface area contributed by atoms with Gasteiger partial charge in [-0.05, 0) is 106 Å². The minimum atomic E-state index is -2.38. The predicted octanol–water partition coefficient (Wildman–Crippen LogP) is 15.8. The zero-order valence-corrected chi connectivity index (χ0v) is 39.8. The summed E-state index contributed by atoms with van der Waals surface area (Å²) in [5, 5.41) is 2.58. The molecule has 65 heavy (non-hydrogen) atoms. The van der Waals surface area contributed by atoms with E-state index in [4.69, 9.17) is 22.9 Å². The first-order valence-corrected chi connectivity index (χ1v) is 21.9. The van der Waals surface area contributed by atoms with Gasteiger partial charge in [-0.1, -0.05) is 120 Å². The van der Waals surface area contributed by atoms with Crippen molar-refractivity contribution in [3.63, 3.8) is 0 Å². The molecule has 0 bridgehead atoms. The fourth-order valence-corrected chi connectivity index (χ4v) is 8.68. The molecule has 0 saturated carbocycles. The van der Waals surface area contributed by atoms with Crippen molar-refractivity contribution >= 4 is 55.2 Å². The van der Waals surface area contributed by atoms with Crippen LogP contribution in [0.15, 0.2) is 155 Å². The number of fused-ring (bicyclic) bond motifs is 7. The third kappa shape index (κ3) is 7.98. The van der Waals surface area contributed by atoms with Crippen molar-refractivity contribution in [2.24, 2.45) is 0 Å². The second kappa shape index (κ2) is 17.4. The van der Waals surface area contributed by atoms with Gasteiger partial charge < -0.3 is 18.4 Å². The largest absolute Gasteiger partial charge is 0.486 e. The first kappa shape index (κ1) is 39.9. The van der Waals surface area contributed by atoms with Gasteiger partial charge in [-0.3, -0.25) is 4.98 Å². The van der Waals surface area contributed by atoms with Crippen molar-refractivity contribution < 1.29 is 33.1 Å². The first-order valence-electron chi connectivity index (χ1n) is 23.4. The number of imidazole rings is 1. The van der Waals surface area contributed by atoms with E-state index in [1.165, 1.54) is 5.56 Å². The minimum absolute atomic E-state index is 0. The summed E-state index contributed by atoms with van der Waals surface area (Å²) in [6, 6.07) is 52.7. The normalized spacial score (nSPS) is 12.7. The van der Waals surface area contributed by atoms with Crippen LogP contribution in [-0.4, -0.2) is 19.5 Å². The summed E-state index contributed by atoms with van der Waals surface area (Å²) in [5.41, 5.74) is 14.1. The Morgan fingerprint density at radius 3 is 2.14 bits per heavy atom. The molecule has 1 radical (unpaired) electrons. The number of furan rings is 2. The second-order valence-corrected chi connectivity index (χ2v) is 18.1. The molecular weight excluding hydrogens is 977 g/mol.